The first-order valence-corrected chi connectivity index (χ1v) is 7.37. The maximum Gasteiger partial charge on any atom is 0.256 e. The average molecular weight is 384 g/mol. The molecular formula is C14H17IN4O. The highest BCUT2D eigenvalue weighted by Gasteiger charge is 2.10. The third-order valence-corrected chi connectivity index (χ3v) is 3.73. The predicted octanol–water partition coefficient (Wildman–Crippen LogP) is 2.30. The van der Waals surface area contributed by atoms with Crippen LogP contribution >= 0.6 is 22.6 Å². The molecule has 20 heavy (non-hydrogen) atoms. The van der Waals surface area contributed by atoms with Gasteiger partial charge < -0.3 is 10.2 Å². The monoisotopic (exact) mass is 384 g/mol. The van der Waals surface area contributed by atoms with Crippen LogP contribution in [0.4, 0.5) is 5.69 Å². The van der Waals surface area contributed by atoms with Crippen molar-refractivity contribution >= 4 is 34.2 Å². The number of rotatable bonds is 5. The first kappa shape index (κ1) is 15.0. The maximum absolute atomic E-state index is 12.1. The largest absolute Gasteiger partial charge is 0.319 e. The lowest BCUT2D eigenvalue weighted by molar-refractivity contribution is 0.102. The minimum absolute atomic E-state index is 0.109. The standard InChI is InChI=1S/C14H17IN4O/c1-18(2)7-8-19-10-11(9-16-19)17-14(20)12-5-3-4-6-13(12)15/h3-6,9-10H,7-8H2,1-2H3,(H,17,20). The lowest BCUT2D eigenvalue weighted by atomic mass is 10.2. The molecular weight excluding hydrogens is 367 g/mol. The lowest BCUT2D eigenvalue weighted by Crippen LogP contribution is -2.18. The van der Waals surface area contributed by atoms with E-state index in [1.807, 2.05) is 49.2 Å². The smallest absolute Gasteiger partial charge is 0.256 e. The SMILES string of the molecule is CN(C)CCn1cc(NC(=O)c2ccccc2I)cn1. The molecule has 0 aliphatic carbocycles. The molecule has 0 atom stereocenters. The molecule has 6 heteroatoms. The third-order valence-electron chi connectivity index (χ3n) is 2.79. The van der Waals surface area contributed by atoms with Crippen LogP contribution in [0.1, 0.15) is 10.4 Å². The van der Waals surface area contributed by atoms with Crippen molar-refractivity contribution in [2.45, 2.75) is 6.54 Å². The molecule has 106 valence electrons. The van der Waals surface area contributed by atoms with Crippen LogP contribution in [0.3, 0.4) is 0 Å². The summed E-state index contributed by atoms with van der Waals surface area (Å²) in [6.07, 6.45) is 3.51. The molecule has 0 bridgehead atoms. The first-order valence-electron chi connectivity index (χ1n) is 6.29. The molecule has 0 unspecified atom stereocenters. The predicted molar refractivity (Wildman–Crippen MR) is 87.9 cm³/mol. The van der Waals surface area contributed by atoms with Gasteiger partial charge in [-0.15, -0.1) is 0 Å². The van der Waals surface area contributed by atoms with Crippen molar-refractivity contribution in [2.75, 3.05) is 26.0 Å². The highest BCUT2D eigenvalue weighted by molar-refractivity contribution is 14.1. The summed E-state index contributed by atoms with van der Waals surface area (Å²) in [7, 11) is 4.03. The van der Waals surface area contributed by atoms with Crippen molar-refractivity contribution in [3.63, 3.8) is 0 Å². The van der Waals surface area contributed by atoms with Crippen LogP contribution in [0.5, 0.6) is 0 Å². The van der Waals surface area contributed by atoms with Crippen molar-refractivity contribution in [2.24, 2.45) is 0 Å². The summed E-state index contributed by atoms with van der Waals surface area (Å²) in [5.41, 5.74) is 1.39. The number of nitrogens with zero attached hydrogens (tertiary/aromatic N) is 3. The van der Waals surface area contributed by atoms with Crippen LogP contribution < -0.4 is 5.32 Å². The Balaban J connectivity index is 2.00. The molecule has 0 saturated carbocycles. The number of hydrogen-bond donors (Lipinski definition) is 1. The number of halogens is 1. The van der Waals surface area contributed by atoms with Crippen molar-refractivity contribution < 1.29 is 4.79 Å². The Hall–Kier alpha value is -1.41. The number of amides is 1. The highest BCUT2D eigenvalue weighted by atomic mass is 127. The molecule has 0 aliphatic heterocycles. The number of nitrogens with one attached hydrogen (secondary N) is 1. The van der Waals surface area contributed by atoms with Gasteiger partial charge in [0.05, 0.1) is 24.0 Å². The van der Waals surface area contributed by atoms with Gasteiger partial charge in [0.2, 0.25) is 0 Å². The van der Waals surface area contributed by atoms with Crippen molar-refractivity contribution in [1.82, 2.24) is 14.7 Å². The van der Waals surface area contributed by atoms with Crippen LogP contribution in [0.25, 0.3) is 0 Å². The zero-order chi connectivity index (χ0) is 14.5. The molecule has 0 aliphatic rings. The molecule has 2 rings (SSSR count). The van der Waals surface area contributed by atoms with E-state index in [1.165, 1.54) is 0 Å². The number of benzene rings is 1. The minimum Gasteiger partial charge on any atom is -0.319 e. The molecule has 0 saturated heterocycles. The van der Waals surface area contributed by atoms with Crippen LogP contribution in [0, 0.1) is 3.57 Å². The zero-order valence-electron chi connectivity index (χ0n) is 11.5. The van der Waals surface area contributed by atoms with Gasteiger partial charge in [0.1, 0.15) is 0 Å². The fourth-order valence-electron chi connectivity index (χ4n) is 1.70. The summed E-state index contributed by atoms with van der Waals surface area (Å²) < 4.78 is 2.76. The third kappa shape index (κ3) is 4.04. The van der Waals surface area contributed by atoms with Crippen molar-refractivity contribution in [1.29, 1.82) is 0 Å². The maximum atomic E-state index is 12.1. The molecule has 1 N–H and O–H groups in total. The van der Waals surface area contributed by atoms with Crippen molar-refractivity contribution in [3.8, 4) is 0 Å². The molecule has 1 heterocycles. The minimum atomic E-state index is -0.109. The van der Waals surface area contributed by atoms with E-state index in [9.17, 15) is 4.79 Å². The summed E-state index contributed by atoms with van der Waals surface area (Å²) in [6, 6.07) is 7.50. The molecule has 1 amide bonds. The van der Waals surface area contributed by atoms with Gasteiger partial charge in [-0.25, -0.2) is 0 Å². The van der Waals surface area contributed by atoms with Gasteiger partial charge >= 0.3 is 0 Å². The van der Waals surface area contributed by atoms with Crippen molar-refractivity contribution in [3.05, 3.63) is 45.8 Å². The Kier molecular flexibility index (Phi) is 5.13. The van der Waals surface area contributed by atoms with Gasteiger partial charge in [-0.2, -0.15) is 5.10 Å². The lowest BCUT2D eigenvalue weighted by Gasteiger charge is -2.08. The second-order valence-electron chi connectivity index (χ2n) is 4.73. The molecule has 0 fully saturated rings. The summed E-state index contributed by atoms with van der Waals surface area (Å²) in [5, 5.41) is 7.10. The Bertz CT molecular complexity index is 594. The Morgan fingerprint density at radius 1 is 1.40 bits per heavy atom. The number of carbonyl (C=O) groups excluding carboxylic acids is 1. The van der Waals surface area contributed by atoms with E-state index < -0.39 is 0 Å². The highest BCUT2D eigenvalue weighted by Crippen LogP contribution is 2.14. The molecule has 5 nitrogen and oxygen atoms in total. The molecule has 0 radical (unpaired) electrons. The van der Waals surface area contributed by atoms with Gasteiger partial charge in [0, 0.05) is 16.3 Å². The Morgan fingerprint density at radius 2 is 2.15 bits per heavy atom. The molecule has 1 aromatic carbocycles. The van der Waals surface area contributed by atoms with E-state index in [0.29, 0.717) is 11.3 Å². The summed E-state index contributed by atoms with van der Waals surface area (Å²) in [4.78, 5) is 14.2. The number of hydrogen-bond acceptors (Lipinski definition) is 3. The summed E-state index contributed by atoms with van der Waals surface area (Å²) in [5.74, 6) is -0.109. The normalized spacial score (nSPS) is 10.8. The first-order chi connectivity index (χ1) is 9.56. The van der Waals surface area contributed by atoms with E-state index in [-0.39, 0.29) is 5.91 Å². The summed E-state index contributed by atoms with van der Waals surface area (Å²) in [6.45, 7) is 1.71. The zero-order valence-corrected chi connectivity index (χ0v) is 13.7. The van der Waals surface area contributed by atoms with E-state index in [4.69, 9.17) is 0 Å². The molecule has 0 spiro atoms. The Labute approximate surface area is 132 Å². The number of aromatic nitrogens is 2. The van der Waals surface area contributed by atoms with Gasteiger partial charge in [0.25, 0.3) is 5.91 Å². The van der Waals surface area contributed by atoms with Crippen LogP contribution in [0.15, 0.2) is 36.7 Å². The number of likely N-dealkylation sites (N-methyl/N-ethyl adjacent to an activating group) is 1. The molecule has 2 aromatic rings. The van der Waals surface area contributed by atoms with Gasteiger partial charge in [-0.1, -0.05) is 12.1 Å². The quantitative estimate of drug-likeness (QED) is 0.805. The fourth-order valence-corrected chi connectivity index (χ4v) is 2.33. The van der Waals surface area contributed by atoms with E-state index in [2.05, 4.69) is 37.9 Å². The fraction of sp³-hybridized carbons (Fsp3) is 0.286. The topological polar surface area (TPSA) is 50.2 Å². The van der Waals surface area contributed by atoms with Crippen LogP contribution in [-0.2, 0) is 6.54 Å². The Morgan fingerprint density at radius 3 is 2.85 bits per heavy atom. The second-order valence-corrected chi connectivity index (χ2v) is 5.89. The molecule has 1 aromatic heterocycles. The van der Waals surface area contributed by atoms with Gasteiger partial charge in [-0.3, -0.25) is 9.48 Å². The second kappa shape index (κ2) is 6.85. The van der Waals surface area contributed by atoms with E-state index in [1.54, 1.807) is 6.20 Å². The van der Waals surface area contributed by atoms with Crippen LogP contribution in [0.2, 0.25) is 0 Å². The van der Waals surface area contributed by atoms with E-state index >= 15 is 0 Å². The average Bonchev–Trinajstić information content (AvgIpc) is 2.84. The summed E-state index contributed by atoms with van der Waals surface area (Å²) >= 11 is 2.16. The van der Waals surface area contributed by atoms with Crippen LogP contribution in [-0.4, -0.2) is 41.2 Å². The number of anilines is 1. The van der Waals surface area contributed by atoms with E-state index in [0.717, 1.165) is 16.7 Å². The van der Waals surface area contributed by atoms with Gasteiger partial charge in [0.15, 0.2) is 0 Å². The number of carbonyl (C=O) groups is 1. The van der Waals surface area contributed by atoms with Gasteiger partial charge in [-0.05, 0) is 48.8 Å².